The minimum atomic E-state index is -0.370. The van der Waals surface area contributed by atoms with Crippen molar-refractivity contribution in [1.29, 1.82) is 0 Å². The highest BCUT2D eigenvalue weighted by Gasteiger charge is 2.11. The van der Waals surface area contributed by atoms with Crippen LogP contribution in [0.5, 0.6) is 5.75 Å². The quantitative estimate of drug-likeness (QED) is 0.653. The Morgan fingerprint density at radius 2 is 2.19 bits per heavy atom. The number of thiophene rings is 1. The van der Waals surface area contributed by atoms with E-state index in [0.717, 1.165) is 4.88 Å². The molecular formula is C11H7NO3S. The predicted molar refractivity (Wildman–Crippen MR) is 62.3 cm³/mol. The minimum absolute atomic E-state index is 0.0699. The van der Waals surface area contributed by atoms with Gasteiger partial charge in [-0.3, -0.25) is 4.79 Å². The molecule has 1 aromatic heterocycles. The summed E-state index contributed by atoms with van der Waals surface area (Å²) in [5, 5.41) is 14.1. The standard InChI is InChI=1S/C11H7NO3S/c13-6-8-4-7(10-2-1-3-16-10)5-9(12-15)11(8)14/h1-6,14H. The van der Waals surface area contributed by atoms with E-state index in [0.29, 0.717) is 11.8 Å². The van der Waals surface area contributed by atoms with Crippen LogP contribution in [0.1, 0.15) is 10.4 Å². The van der Waals surface area contributed by atoms with Gasteiger partial charge in [0.05, 0.1) is 5.56 Å². The molecule has 0 aliphatic heterocycles. The topological polar surface area (TPSA) is 66.7 Å². The second kappa shape index (κ2) is 4.24. The van der Waals surface area contributed by atoms with Crippen molar-refractivity contribution in [2.45, 2.75) is 0 Å². The van der Waals surface area contributed by atoms with Crippen LogP contribution >= 0.6 is 11.3 Å². The van der Waals surface area contributed by atoms with Crippen molar-refractivity contribution in [2.24, 2.45) is 5.18 Å². The van der Waals surface area contributed by atoms with Crippen LogP contribution in [0.4, 0.5) is 5.69 Å². The summed E-state index contributed by atoms with van der Waals surface area (Å²) in [6, 6.07) is 6.71. The molecule has 2 rings (SSSR count). The molecule has 1 N–H and O–H groups in total. The van der Waals surface area contributed by atoms with Crippen LogP contribution in [-0.2, 0) is 0 Å². The number of phenolic OH excluding ortho intramolecular Hbond substituents is 1. The highest BCUT2D eigenvalue weighted by Crippen LogP contribution is 2.36. The Kier molecular flexibility index (Phi) is 2.78. The van der Waals surface area contributed by atoms with Gasteiger partial charge in [0.15, 0.2) is 17.7 Å². The molecule has 0 radical (unpaired) electrons. The van der Waals surface area contributed by atoms with Crippen molar-refractivity contribution in [2.75, 3.05) is 0 Å². The molecule has 0 amide bonds. The third-order valence-electron chi connectivity index (χ3n) is 2.15. The number of hydrogen-bond acceptors (Lipinski definition) is 5. The largest absolute Gasteiger partial charge is 0.505 e. The molecule has 16 heavy (non-hydrogen) atoms. The first-order chi connectivity index (χ1) is 7.76. The van der Waals surface area contributed by atoms with E-state index < -0.39 is 0 Å². The molecule has 4 nitrogen and oxygen atoms in total. The van der Waals surface area contributed by atoms with Crippen LogP contribution in [0.15, 0.2) is 34.8 Å². The van der Waals surface area contributed by atoms with Crippen LogP contribution in [-0.4, -0.2) is 11.4 Å². The van der Waals surface area contributed by atoms with Gasteiger partial charge in [-0.2, -0.15) is 0 Å². The van der Waals surface area contributed by atoms with E-state index in [1.807, 2.05) is 17.5 Å². The lowest BCUT2D eigenvalue weighted by atomic mass is 10.1. The van der Waals surface area contributed by atoms with Gasteiger partial charge >= 0.3 is 0 Å². The van der Waals surface area contributed by atoms with Gasteiger partial charge in [0, 0.05) is 4.88 Å². The lowest BCUT2D eigenvalue weighted by molar-refractivity contribution is 0.112. The van der Waals surface area contributed by atoms with Gasteiger partial charge in [-0.1, -0.05) is 6.07 Å². The maximum Gasteiger partial charge on any atom is 0.155 e. The second-order valence-electron chi connectivity index (χ2n) is 3.12. The number of benzene rings is 1. The molecule has 0 saturated heterocycles. The van der Waals surface area contributed by atoms with E-state index in [9.17, 15) is 14.8 Å². The van der Waals surface area contributed by atoms with Gasteiger partial charge in [-0.25, -0.2) is 0 Å². The minimum Gasteiger partial charge on any atom is -0.505 e. The number of hydrogen-bond donors (Lipinski definition) is 1. The van der Waals surface area contributed by atoms with E-state index in [4.69, 9.17) is 0 Å². The fraction of sp³-hybridized carbons (Fsp3) is 0. The number of aldehydes is 1. The maximum atomic E-state index is 10.7. The number of carbonyl (C=O) groups is 1. The van der Waals surface area contributed by atoms with Crippen molar-refractivity contribution >= 4 is 23.3 Å². The third-order valence-corrected chi connectivity index (χ3v) is 3.07. The highest BCUT2D eigenvalue weighted by molar-refractivity contribution is 7.13. The molecule has 0 bridgehead atoms. The van der Waals surface area contributed by atoms with Crippen molar-refractivity contribution in [3.8, 4) is 16.2 Å². The molecule has 2 aromatic rings. The number of aromatic hydroxyl groups is 1. The number of rotatable bonds is 3. The van der Waals surface area contributed by atoms with Crippen LogP contribution in [0.2, 0.25) is 0 Å². The Bertz CT molecular complexity index is 505. The summed E-state index contributed by atoms with van der Waals surface area (Å²) in [6.45, 7) is 0. The summed E-state index contributed by atoms with van der Waals surface area (Å²) in [5.74, 6) is -0.370. The summed E-state index contributed by atoms with van der Waals surface area (Å²) >= 11 is 1.48. The summed E-state index contributed by atoms with van der Waals surface area (Å²) in [5.41, 5.74) is 0.651. The fourth-order valence-corrected chi connectivity index (χ4v) is 2.10. The molecule has 0 saturated carbocycles. The van der Waals surface area contributed by atoms with E-state index in [1.165, 1.54) is 23.5 Å². The molecule has 0 aliphatic carbocycles. The maximum absolute atomic E-state index is 10.7. The number of nitroso groups, excluding NO2 is 1. The molecule has 5 heteroatoms. The molecule has 1 aromatic carbocycles. The smallest absolute Gasteiger partial charge is 0.155 e. The number of nitrogens with zero attached hydrogens (tertiary/aromatic N) is 1. The molecule has 0 atom stereocenters. The van der Waals surface area contributed by atoms with Gasteiger partial charge in [0.1, 0.15) is 0 Å². The Morgan fingerprint density at radius 3 is 2.75 bits per heavy atom. The molecule has 0 unspecified atom stereocenters. The van der Waals surface area contributed by atoms with Crippen LogP contribution in [0.3, 0.4) is 0 Å². The zero-order chi connectivity index (χ0) is 11.5. The Labute approximate surface area is 95.1 Å². The van der Waals surface area contributed by atoms with E-state index in [2.05, 4.69) is 5.18 Å². The van der Waals surface area contributed by atoms with E-state index >= 15 is 0 Å². The predicted octanol–water partition coefficient (Wildman–Crippen LogP) is 3.33. The highest BCUT2D eigenvalue weighted by atomic mass is 32.1. The summed E-state index contributed by atoms with van der Waals surface area (Å²) in [4.78, 5) is 22.1. The lowest BCUT2D eigenvalue weighted by Gasteiger charge is -2.03. The first-order valence-corrected chi connectivity index (χ1v) is 5.33. The molecular weight excluding hydrogens is 226 g/mol. The normalized spacial score (nSPS) is 10.0. The zero-order valence-corrected chi connectivity index (χ0v) is 8.90. The van der Waals surface area contributed by atoms with Crippen molar-refractivity contribution < 1.29 is 9.90 Å². The Morgan fingerprint density at radius 1 is 1.38 bits per heavy atom. The van der Waals surface area contributed by atoms with Crippen molar-refractivity contribution in [3.63, 3.8) is 0 Å². The average molecular weight is 233 g/mol. The zero-order valence-electron chi connectivity index (χ0n) is 8.08. The molecule has 0 aliphatic rings. The van der Waals surface area contributed by atoms with Crippen molar-refractivity contribution in [1.82, 2.24) is 0 Å². The Balaban J connectivity index is 2.64. The summed E-state index contributed by atoms with van der Waals surface area (Å²) in [6.07, 6.45) is 0.501. The monoisotopic (exact) mass is 233 g/mol. The lowest BCUT2D eigenvalue weighted by Crippen LogP contribution is -1.84. The van der Waals surface area contributed by atoms with Crippen molar-refractivity contribution in [3.05, 3.63) is 40.1 Å². The SMILES string of the molecule is O=Cc1cc(-c2cccs2)cc(N=O)c1O. The Hall–Kier alpha value is -2.01. The molecule has 0 spiro atoms. The fourth-order valence-electron chi connectivity index (χ4n) is 1.39. The number of carbonyl (C=O) groups excluding carboxylic acids is 1. The van der Waals surface area contributed by atoms with Gasteiger partial charge in [-0.15, -0.1) is 16.2 Å². The average Bonchev–Trinajstić information content (AvgIpc) is 2.83. The van der Waals surface area contributed by atoms with Gasteiger partial charge in [-0.05, 0) is 34.3 Å². The van der Waals surface area contributed by atoms with Gasteiger partial charge < -0.3 is 5.11 Å². The summed E-state index contributed by atoms with van der Waals surface area (Å²) < 4.78 is 0. The molecule has 0 fully saturated rings. The summed E-state index contributed by atoms with van der Waals surface area (Å²) in [7, 11) is 0. The second-order valence-corrected chi connectivity index (χ2v) is 4.07. The molecule has 80 valence electrons. The number of phenols is 1. The van der Waals surface area contributed by atoms with E-state index in [1.54, 1.807) is 0 Å². The van der Waals surface area contributed by atoms with Crippen LogP contribution in [0, 0.1) is 4.91 Å². The van der Waals surface area contributed by atoms with Gasteiger partial charge in [0.25, 0.3) is 0 Å². The van der Waals surface area contributed by atoms with Gasteiger partial charge in [0.2, 0.25) is 0 Å². The van der Waals surface area contributed by atoms with E-state index in [-0.39, 0.29) is 17.0 Å². The van der Waals surface area contributed by atoms with Crippen LogP contribution < -0.4 is 0 Å². The third kappa shape index (κ3) is 1.72. The van der Waals surface area contributed by atoms with Crippen LogP contribution in [0.25, 0.3) is 10.4 Å². The first-order valence-electron chi connectivity index (χ1n) is 4.45. The first kappa shape index (κ1) is 10.5. The molecule has 1 heterocycles.